The van der Waals surface area contributed by atoms with E-state index in [4.69, 9.17) is 0 Å². The molecule has 0 heterocycles. The van der Waals surface area contributed by atoms with Crippen molar-refractivity contribution >= 4 is 22.1 Å². The molecule has 0 N–H and O–H groups in total. The van der Waals surface area contributed by atoms with E-state index >= 15 is 0 Å². The molecule has 0 aromatic carbocycles. The highest BCUT2D eigenvalue weighted by atomic mass is 79.9. The molecule has 0 spiro atoms. The van der Waals surface area contributed by atoms with Crippen LogP contribution in [0.2, 0.25) is 0 Å². The van der Waals surface area contributed by atoms with Crippen LogP contribution in [0.1, 0.15) is 26.7 Å². The standard InChI is InChI=1S/C11H16BrN/c1-8(2)6-11(12)7-13-9(3)10-4-5-10/h6-7,10-11H,3-5H2,1-2H3/b13-7-. The fraction of sp³-hybridized carbons (Fsp3) is 0.545. The Labute approximate surface area is 88.8 Å². The molecule has 13 heavy (non-hydrogen) atoms. The third-order valence-corrected chi connectivity index (χ3v) is 2.42. The summed E-state index contributed by atoms with van der Waals surface area (Å²) < 4.78 is 0. The number of aliphatic imine (C=N–C) groups is 1. The number of rotatable bonds is 4. The fourth-order valence-electron chi connectivity index (χ4n) is 1.05. The van der Waals surface area contributed by atoms with Crippen molar-refractivity contribution in [1.82, 2.24) is 0 Å². The van der Waals surface area contributed by atoms with Crippen LogP contribution in [0.4, 0.5) is 0 Å². The van der Waals surface area contributed by atoms with Gasteiger partial charge in [0.15, 0.2) is 0 Å². The molecule has 1 nitrogen and oxygen atoms in total. The maximum atomic E-state index is 4.33. The van der Waals surface area contributed by atoms with E-state index in [2.05, 4.69) is 47.4 Å². The van der Waals surface area contributed by atoms with Crippen LogP contribution in [0, 0.1) is 5.92 Å². The van der Waals surface area contributed by atoms with Gasteiger partial charge >= 0.3 is 0 Å². The lowest BCUT2D eigenvalue weighted by Gasteiger charge is -1.98. The first-order valence-corrected chi connectivity index (χ1v) is 5.53. The van der Waals surface area contributed by atoms with Crippen LogP contribution in [0.3, 0.4) is 0 Å². The lowest BCUT2D eigenvalue weighted by molar-refractivity contribution is 0.990. The SMILES string of the molecule is C=C(/N=C\C(Br)C=C(C)C)C1CC1. The van der Waals surface area contributed by atoms with E-state index in [0.717, 1.165) is 5.70 Å². The van der Waals surface area contributed by atoms with Crippen LogP contribution < -0.4 is 0 Å². The maximum absolute atomic E-state index is 4.33. The van der Waals surface area contributed by atoms with Crippen molar-refractivity contribution in [3.63, 3.8) is 0 Å². The molecule has 0 radical (unpaired) electrons. The Balaban J connectivity index is 2.37. The van der Waals surface area contributed by atoms with Gasteiger partial charge in [-0.25, -0.2) is 0 Å². The lowest BCUT2D eigenvalue weighted by Crippen LogP contribution is -1.95. The summed E-state index contributed by atoms with van der Waals surface area (Å²) in [6.07, 6.45) is 6.58. The van der Waals surface area contributed by atoms with Gasteiger partial charge < -0.3 is 0 Å². The van der Waals surface area contributed by atoms with Crippen LogP contribution in [0.15, 0.2) is 28.9 Å². The molecule has 0 amide bonds. The molecule has 1 aliphatic carbocycles. The maximum Gasteiger partial charge on any atom is 0.0680 e. The largest absolute Gasteiger partial charge is 0.264 e. The Kier molecular flexibility index (Phi) is 3.91. The van der Waals surface area contributed by atoms with E-state index in [9.17, 15) is 0 Å². The van der Waals surface area contributed by atoms with E-state index in [1.165, 1.54) is 18.4 Å². The third kappa shape index (κ3) is 4.41. The molecular weight excluding hydrogens is 226 g/mol. The molecule has 2 heteroatoms. The van der Waals surface area contributed by atoms with Gasteiger partial charge in [0.25, 0.3) is 0 Å². The highest BCUT2D eigenvalue weighted by Crippen LogP contribution is 2.35. The third-order valence-electron chi connectivity index (χ3n) is 1.92. The highest BCUT2D eigenvalue weighted by Gasteiger charge is 2.23. The first-order valence-electron chi connectivity index (χ1n) is 4.61. The van der Waals surface area contributed by atoms with Crippen molar-refractivity contribution in [1.29, 1.82) is 0 Å². The molecule has 0 aromatic heterocycles. The van der Waals surface area contributed by atoms with Gasteiger partial charge in [0.1, 0.15) is 0 Å². The number of alkyl halides is 1. The smallest absolute Gasteiger partial charge is 0.0680 e. The summed E-state index contributed by atoms with van der Waals surface area (Å²) >= 11 is 3.51. The molecule has 1 saturated carbocycles. The average molecular weight is 242 g/mol. The zero-order chi connectivity index (χ0) is 9.84. The second-order valence-corrected chi connectivity index (χ2v) is 4.79. The second-order valence-electron chi connectivity index (χ2n) is 3.73. The van der Waals surface area contributed by atoms with Gasteiger partial charge in [0.2, 0.25) is 0 Å². The minimum atomic E-state index is 0.244. The van der Waals surface area contributed by atoms with E-state index in [1.54, 1.807) is 0 Å². The molecule has 0 saturated heterocycles. The minimum absolute atomic E-state index is 0.244. The molecule has 0 aliphatic heterocycles. The van der Waals surface area contributed by atoms with Gasteiger partial charge in [-0.15, -0.1) is 0 Å². The fourth-order valence-corrected chi connectivity index (χ4v) is 1.70. The van der Waals surface area contributed by atoms with Gasteiger partial charge in [-0.2, -0.15) is 0 Å². The Morgan fingerprint density at radius 3 is 2.62 bits per heavy atom. The van der Waals surface area contributed by atoms with Gasteiger partial charge in [0, 0.05) is 17.8 Å². The number of allylic oxidation sites excluding steroid dienone is 3. The number of hydrogen-bond donors (Lipinski definition) is 0. The molecule has 1 atom stereocenters. The van der Waals surface area contributed by atoms with E-state index in [-0.39, 0.29) is 4.83 Å². The lowest BCUT2D eigenvalue weighted by atomic mass is 10.3. The van der Waals surface area contributed by atoms with Crippen molar-refractivity contribution in [2.75, 3.05) is 0 Å². The van der Waals surface area contributed by atoms with Gasteiger partial charge in [-0.3, -0.25) is 4.99 Å². The van der Waals surface area contributed by atoms with Crippen LogP contribution in [0.25, 0.3) is 0 Å². The summed E-state index contributed by atoms with van der Waals surface area (Å²) in [6, 6.07) is 0. The molecule has 1 fully saturated rings. The molecule has 0 aromatic rings. The first-order chi connectivity index (χ1) is 6.09. The highest BCUT2D eigenvalue weighted by molar-refractivity contribution is 9.10. The Morgan fingerprint density at radius 2 is 2.15 bits per heavy atom. The van der Waals surface area contributed by atoms with Crippen molar-refractivity contribution < 1.29 is 0 Å². The van der Waals surface area contributed by atoms with Gasteiger partial charge in [0.05, 0.1) is 4.83 Å². The number of halogens is 1. The summed E-state index contributed by atoms with van der Waals surface area (Å²) in [4.78, 5) is 4.57. The monoisotopic (exact) mass is 241 g/mol. The number of nitrogens with zero attached hydrogens (tertiary/aromatic N) is 1. The Hall–Kier alpha value is -0.370. The van der Waals surface area contributed by atoms with Gasteiger partial charge in [-0.1, -0.05) is 34.2 Å². The predicted octanol–water partition coefficient (Wildman–Crippen LogP) is 3.71. The van der Waals surface area contributed by atoms with Crippen molar-refractivity contribution in [3.05, 3.63) is 23.9 Å². The summed E-state index contributed by atoms with van der Waals surface area (Å²) in [6.45, 7) is 8.09. The van der Waals surface area contributed by atoms with Crippen LogP contribution in [0.5, 0.6) is 0 Å². The first kappa shape index (κ1) is 10.7. The molecule has 1 rings (SSSR count). The predicted molar refractivity (Wildman–Crippen MR) is 62.5 cm³/mol. The van der Waals surface area contributed by atoms with Gasteiger partial charge in [-0.05, 0) is 26.7 Å². The topological polar surface area (TPSA) is 12.4 Å². The molecule has 1 aliphatic rings. The van der Waals surface area contributed by atoms with E-state index in [1.807, 2.05) is 6.21 Å². The van der Waals surface area contributed by atoms with Crippen molar-refractivity contribution in [2.24, 2.45) is 10.9 Å². The summed E-state index contributed by atoms with van der Waals surface area (Å²) in [5, 5.41) is 0. The zero-order valence-corrected chi connectivity index (χ0v) is 9.84. The van der Waals surface area contributed by atoms with Crippen LogP contribution >= 0.6 is 15.9 Å². The summed E-state index contributed by atoms with van der Waals surface area (Å²) in [7, 11) is 0. The second kappa shape index (κ2) is 4.75. The quantitative estimate of drug-likeness (QED) is 0.405. The zero-order valence-electron chi connectivity index (χ0n) is 8.26. The molecular formula is C11H16BrN. The van der Waals surface area contributed by atoms with Crippen molar-refractivity contribution in [3.8, 4) is 0 Å². The van der Waals surface area contributed by atoms with Crippen LogP contribution in [-0.2, 0) is 0 Å². The molecule has 1 unspecified atom stereocenters. The molecule has 72 valence electrons. The molecule has 0 bridgehead atoms. The van der Waals surface area contributed by atoms with Crippen molar-refractivity contribution in [2.45, 2.75) is 31.5 Å². The summed E-state index contributed by atoms with van der Waals surface area (Å²) in [5.74, 6) is 0.669. The summed E-state index contributed by atoms with van der Waals surface area (Å²) in [5.41, 5.74) is 2.33. The Bertz CT molecular complexity index is 245. The minimum Gasteiger partial charge on any atom is -0.264 e. The average Bonchev–Trinajstić information content (AvgIpc) is 2.80. The normalized spacial score (nSPS) is 18.7. The van der Waals surface area contributed by atoms with E-state index < -0.39 is 0 Å². The number of hydrogen-bond acceptors (Lipinski definition) is 1. The van der Waals surface area contributed by atoms with E-state index in [0.29, 0.717) is 5.92 Å². The Morgan fingerprint density at radius 1 is 1.54 bits per heavy atom. The van der Waals surface area contributed by atoms with Crippen LogP contribution in [-0.4, -0.2) is 11.0 Å².